The van der Waals surface area contributed by atoms with Gasteiger partial charge in [0.05, 0.1) is 0 Å². The van der Waals surface area contributed by atoms with Gasteiger partial charge in [-0.3, -0.25) is 9.59 Å². The van der Waals surface area contributed by atoms with Crippen LogP contribution in [0.3, 0.4) is 0 Å². The molecule has 0 aliphatic heterocycles. The van der Waals surface area contributed by atoms with E-state index in [4.69, 9.17) is 10.5 Å². The molecule has 2 aromatic carbocycles. The molecule has 2 aromatic rings. The van der Waals surface area contributed by atoms with Crippen molar-refractivity contribution in [3.8, 4) is 5.75 Å². The van der Waals surface area contributed by atoms with Gasteiger partial charge in [-0.1, -0.05) is 18.2 Å². The van der Waals surface area contributed by atoms with Gasteiger partial charge in [0.1, 0.15) is 5.75 Å². The van der Waals surface area contributed by atoms with E-state index < -0.39 is 5.91 Å². The molecule has 2 rings (SSSR count). The minimum Gasteiger partial charge on any atom is -0.484 e. The molecule has 2 amide bonds. The van der Waals surface area contributed by atoms with Gasteiger partial charge in [-0.25, -0.2) is 0 Å². The van der Waals surface area contributed by atoms with Crippen LogP contribution in [0.25, 0.3) is 6.08 Å². The standard InChI is InChI=1S/C17H15IN2O3/c18-13-2-1-3-14(10-13)20-17(22)9-6-12-4-7-15(8-5-12)23-11-16(19)21/h1-10H,11H2,(H2,19,21)(H,20,22). The van der Waals surface area contributed by atoms with Crippen molar-refractivity contribution in [3.63, 3.8) is 0 Å². The first-order chi connectivity index (χ1) is 11.0. The third kappa shape index (κ3) is 6.11. The largest absolute Gasteiger partial charge is 0.484 e. The van der Waals surface area contributed by atoms with Crippen LogP contribution in [0.4, 0.5) is 5.69 Å². The lowest BCUT2D eigenvalue weighted by atomic mass is 10.2. The number of amides is 2. The fourth-order valence-corrected chi connectivity index (χ4v) is 2.29. The Labute approximate surface area is 147 Å². The molecule has 3 N–H and O–H groups in total. The first kappa shape index (κ1) is 17.0. The SMILES string of the molecule is NC(=O)COc1ccc(C=CC(=O)Nc2cccc(I)c2)cc1. The van der Waals surface area contributed by atoms with E-state index >= 15 is 0 Å². The predicted molar refractivity (Wildman–Crippen MR) is 98.0 cm³/mol. The fraction of sp³-hybridized carbons (Fsp3) is 0.0588. The molecule has 0 heterocycles. The zero-order valence-corrected chi connectivity index (χ0v) is 14.3. The highest BCUT2D eigenvalue weighted by Gasteiger charge is 1.99. The van der Waals surface area contributed by atoms with Gasteiger partial charge in [-0.15, -0.1) is 0 Å². The summed E-state index contributed by atoms with van der Waals surface area (Å²) in [5.74, 6) is -0.188. The smallest absolute Gasteiger partial charge is 0.255 e. The Morgan fingerprint density at radius 2 is 1.91 bits per heavy atom. The van der Waals surface area contributed by atoms with E-state index in [0.717, 1.165) is 14.8 Å². The fourth-order valence-electron chi connectivity index (χ4n) is 1.75. The van der Waals surface area contributed by atoms with Crippen LogP contribution in [0.15, 0.2) is 54.6 Å². The Hall–Kier alpha value is -2.35. The second kappa shape index (κ2) is 8.33. The van der Waals surface area contributed by atoms with E-state index in [1.807, 2.05) is 24.3 Å². The van der Waals surface area contributed by atoms with E-state index in [0.29, 0.717) is 5.75 Å². The molecule has 0 spiro atoms. The maximum Gasteiger partial charge on any atom is 0.255 e. The minimum atomic E-state index is -0.527. The van der Waals surface area contributed by atoms with Crippen molar-refractivity contribution in [2.24, 2.45) is 5.73 Å². The Bertz CT molecular complexity index is 727. The number of nitrogens with two attached hydrogens (primary N) is 1. The first-order valence-corrected chi connectivity index (χ1v) is 7.86. The van der Waals surface area contributed by atoms with Gasteiger partial charge in [-0.2, -0.15) is 0 Å². The summed E-state index contributed by atoms with van der Waals surface area (Å²) in [6, 6.07) is 14.5. The molecular formula is C17H15IN2O3. The molecule has 0 aromatic heterocycles. The van der Waals surface area contributed by atoms with Crippen LogP contribution in [0.1, 0.15) is 5.56 Å². The lowest BCUT2D eigenvalue weighted by molar-refractivity contribution is -0.120. The van der Waals surface area contributed by atoms with Crippen molar-refractivity contribution >= 4 is 46.2 Å². The van der Waals surface area contributed by atoms with E-state index in [1.165, 1.54) is 6.08 Å². The molecule has 0 saturated carbocycles. The Balaban J connectivity index is 1.91. The van der Waals surface area contributed by atoms with Crippen molar-refractivity contribution in [2.45, 2.75) is 0 Å². The average molecular weight is 422 g/mol. The molecule has 6 heteroatoms. The molecule has 0 radical (unpaired) electrons. The second-order valence-electron chi connectivity index (χ2n) is 4.66. The molecule has 0 atom stereocenters. The molecule has 0 aliphatic carbocycles. The predicted octanol–water partition coefficient (Wildman–Crippen LogP) is 2.81. The van der Waals surface area contributed by atoms with Crippen LogP contribution >= 0.6 is 22.6 Å². The summed E-state index contributed by atoms with van der Waals surface area (Å²) in [5, 5.41) is 2.79. The molecule has 0 aliphatic rings. The summed E-state index contributed by atoms with van der Waals surface area (Å²) in [6.07, 6.45) is 3.15. The first-order valence-electron chi connectivity index (χ1n) is 6.79. The normalized spacial score (nSPS) is 10.5. The third-order valence-corrected chi connectivity index (χ3v) is 3.45. The van der Waals surface area contributed by atoms with Gasteiger partial charge in [0, 0.05) is 15.3 Å². The summed E-state index contributed by atoms with van der Waals surface area (Å²) in [6.45, 7) is -0.159. The van der Waals surface area contributed by atoms with E-state index in [9.17, 15) is 9.59 Å². The number of primary amides is 1. The van der Waals surface area contributed by atoms with Crippen LogP contribution in [0, 0.1) is 3.57 Å². The molecule has 0 unspecified atom stereocenters. The zero-order valence-electron chi connectivity index (χ0n) is 12.2. The van der Waals surface area contributed by atoms with E-state index in [2.05, 4.69) is 27.9 Å². The molecule has 0 saturated heterocycles. The molecule has 0 bridgehead atoms. The molecule has 23 heavy (non-hydrogen) atoms. The van der Waals surface area contributed by atoms with Crippen LogP contribution in [0.2, 0.25) is 0 Å². The number of nitrogens with one attached hydrogen (secondary N) is 1. The highest BCUT2D eigenvalue weighted by atomic mass is 127. The van der Waals surface area contributed by atoms with Crippen LogP contribution < -0.4 is 15.8 Å². The van der Waals surface area contributed by atoms with Crippen LogP contribution in [-0.4, -0.2) is 18.4 Å². The number of rotatable bonds is 6. The van der Waals surface area contributed by atoms with Gasteiger partial charge >= 0.3 is 0 Å². The quantitative estimate of drug-likeness (QED) is 0.555. The van der Waals surface area contributed by atoms with Crippen molar-refractivity contribution in [2.75, 3.05) is 11.9 Å². The number of halogens is 1. The van der Waals surface area contributed by atoms with Gasteiger partial charge in [0.25, 0.3) is 5.91 Å². The van der Waals surface area contributed by atoms with Gasteiger partial charge in [0.2, 0.25) is 5.91 Å². The van der Waals surface area contributed by atoms with E-state index in [-0.39, 0.29) is 12.5 Å². The number of carbonyl (C=O) groups excluding carboxylic acids is 2. The Morgan fingerprint density at radius 1 is 1.17 bits per heavy atom. The lowest BCUT2D eigenvalue weighted by Crippen LogP contribution is -2.19. The van der Waals surface area contributed by atoms with Gasteiger partial charge < -0.3 is 15.8 Å². The Morgan fingerprint density at radius 3 is 2.57 bits per heavy atom. The summed E-state index contributed by atoms with van der Waals surface area (Å²) in [5.41, 5.74) is 6.60. The molecule has 118 valence electrons. The number of hydrogen-bond donors (Lipinski definition) is 2. The summed E-state index contributed by atoms with van der Waals surface area (Å²) in [7, 11) is 0. The highest BCUT2D eigenvalue weighted by molar-refractivity contribution is 14.1. The van der Waals surface area contributed by atoms with Gasteiger partial charge in [0.15, 0.2) is 6.61 Å². The van der Waals surface area contributed by atoms with Crippen molar-refractivity contribution in [1.29, 1.82) is 0 Å². The number of benzene rings is 2. The number of hydrogen-bond acceptors (Lipinski definition) is 3. The van der Waals surface area contributed by atoms with Crippen molar-refractivity contribution < 1.29 is 14.3 Å². The second-order valence-corrected chi connectivity index (χ2v) is 5.90. The molecule has 0 fully saturated rings. The zero-order chi connectivity index (χ0) is 16.7. The average Bonchev–Trinajstić information content (AvgIpc) is 2.52. The minimum absolute atomic E-state index is 0.159. The topological polar surface area (TPSA) is 81.4 Å². The summed E-state index contributed by atoms with van der Waals surface area (Å²) >= 11 is 2.19. The molecule has 5 nitrogen and oxygen atoms in total. The monoisotopic (exact) mass is 422 g/mol. The summed E-state index contributed by atoms with van der Waals surface area (Å²) in [4.78, 5) is 22.5. The van der Waals surface area contributed by atoms with Crippen LogP contribution in [0.5, 0.6) is 5.75 Å². The number of carbonyl (C=O) groups is 2. The maximum atomic E-state index is 11.9. The van der Waals surface area contributed by atoms with E-state index in [1.54, 1.807) is 30.3 Å². The summed E-state index contributed by atoms with van der Waals surface area (Å²) < 4.78 is 6.21. The maximum absolute atomic E-state index is 11.9. The number of ether oxygens (including phenoxy) is 1. The lowest BCUT2D eigenvalue weighted by Gasteiger charge is -2.04. The highest BCUT2D eigenvalue weighted by Crippen LogP contribution is 2.14. The van der Waals surface area contributed by atoms with Crippen molar-refractivity contribution in [3.05, 3.63) is 63.7 Å². The van der Waals surface area contributed by atoms with Crippen molar-refractivity contribution in [1.82, 2.24) is 0 Å². The number of anilines is 1. The molecular weight excluding hydrogens is 407 g/mol. The van der Waals surface area contributed by atoms with Crippen LogP contribution in [-0.2, 0) is 9.59 Å². The third-order valence-electron chi connectivity index (χ3n) is 2.78. The van der Waals surface area contributed by atoms with Gasteiger partial charge in [-0.05, 0) is 64.6 Å². The Kier molecular flexibility index (Phi) is 6.16.